The number of nitrogens with zero attached hydrogens (tertiary/aromatic N) is 1. The summed E-state index contributed by atoms with van der Waals surface area (Å²) >= 11 is 0. The van der Waals surface area contributed by atoms with Crippen molar-refractivity contribution in [1.29, 1.82) is 0 Å². The van der Waals surface area contributed by atoms with Crippen LogP contribution in [-0.2, 0) is 9.47 Å². The van der Waals surface area contributed by atoms with E-state index >= 15 is 0 Å². The molecule has 21 heavy (non-hydrogen) atoms. The molecule has 3 rings (SSSR count). The van der Waals surface area contributed by atoms with Gasteiger partial charge in [-0.15, -0.1) is 0 Å². The van der Waals surface area contributed by atoms with Crippen LogP contribution in [0.2, 0.25) is 0 Å². The first kappa shape index (κ1) is 15.0. The minimum absolute atomic E-state index is 0.102. The molecule has 1 spiro atoms. The smallest absolute Gasteiger partial charge is 0.170 e. The number of nitrogens with two attached hydrogens (primary N) is 1. The van der Waals surface area contributed by atoms with Gasteiger partial charge in [-0.05, 0) is 25.0 Å². The predicted octanol–water partition coefficient (Wildman–Crippen LogP) is 2.22. The van der Waals surface area contributed by atoms with E-state index in [0.29, 0.717) is 0 Å². The lowest BCUT2D eigenvalue weighted by atomic mass is 9.92. The SMILES string of the molecule is Cc1ccccc1C(C(C)N)N1CCC2(CC1)OCCO2. The van der Waals surface area contributed by atoms with Crippen LogP contribution in [0.1, 0.15) is 36.9 Å². The lowest BCUT2D eigenvalue weighted by Gasteiger charge is -2.43. The molecule has 0 radical (unpaired) electrons. The minimum atomic E-state index is -0.315. The van der Waals surface area contributed by atoms with Crippen molar-refractivity contribution in [1.82, 2.24) is 4.90 Å². The standard InChI is InChI=1S/C17H26N2O2/c1-13-5-3-4-6-15(13)16(14(2)18)19-9-7-17(8-10-19)20-11-12-21-17/h3-6,14,16H,7-12,18H2,1-2H3. The highest BCUT2D eigenvalue weighted by Gasteiger charge is 2.41. The number of likely N-dealkylation sites (tertiary alicyclic amines) is 1. The van der Waals surface area contributed by atoms with Crippen LogP contribution in [-0.4, -0.2) is 43.0 Å². The summed E-state index contributed by atoms with van der Waals surface area (Å²) in [6, 6.07) is 8.93. The number of hydrogen-bond acceptors (Lipinski definition) is 4. The Kier molecular flexibility index (Phi) is 4.31. The van der Waals surface area contributed by atoms with Crippen LogP contribution >= 0.6 is 0 Å². The fourth-order valence-electron chi connectivity index (χ4n) is 3.66. The fourth-order valence-corrected chi connectivity index (χ4v) is 3.66. The van der Waals surface area contributed by atoms with Crippen molar-refractivity contribution in [2.24, 2.45) is 5.73 Å². The number of benzene rings is 1. The van der Waals surface area contributed by atoms with Crippen molar-refractivity contribution >= 4 is 0 Å². The van der Waals surface area contributed by atoms with Gasteiger partial charge in [-0.2, -0.15) is 0 Å². The maximum atomic E-state index is 6.31. The normalized spacial score (nSPS) is 25.1. The maximum absolute atomic E-state index is 6.31. The summed E-state index contributed by atoms with van der Waals surface area (Å²) < 4.78 is 11.6. The molecule has 2 heterocycles. The third-order valence-electron chi connectivity index (χ3n) is 4.77. The van der Waals surface area contributed by atoms with Crippen LogP contribution in [0.5, 0.6) is 0 Å². The van der Waals surface area contributed by atoms with E-state index in [0.717, 1.165) is 39.1 Å². The van der Waals surface area contributed by atoms with E-state index in [4.69, 9.17) is 15.2 Å². The first-order chi connectivity index (χ1) is 10.1. The van der Waals surface area contributed by atoms with Gasteiger partial charge in [0.1, 0.15) is 0 Å². The van der Waals surface area contributed by atoms with Gasteiger partial charge in [-0.25, -0.2) is 0 Å². The largest absolute Gasteiger partial charge is 0.347 e. The number of hydrogen-bond donors (Lipinski definition) is 1. The van der Waals surface area contributed by atoms with Crippen LogP contribution in [0.15, 0.2) is 24.3 Å². The number of piperidine rings is 1. The van der Waals surface area contributed by atoms with Crippen molar-refractivity contribution in [3.8, 4) is 0 Å². The third kappa shape index (κ3) is 2.99. The lowest BCUT2D eigenvalue weighted by Crippen LogP contribution is -2.49. The highest BCUT2D eigenvalue weighted by Crippen LogP contribution is 2.36. The van der Waals surface area contributed by atoms with Gasteiger partial charge in [0.25, 0.3) is 0 Å². The van der Waals surface area contributed by atoms with Crippen molar-refractivity contribution < 1.29 is 9.47 Å². The van der Waals surface area contributed by atoms with E-state index in [1.807, 2.05) is 0 Å². The number of rotatable bonds is 3. The second-order valence-corrected chi connectivity index (χ2v) is 6.30. The molecule has 0 saturated carbocycles. The zero-order valence-electron chi connectivity index (χ0n) is 13.0. The molecule has 2 unspecified atom stereocenters. The molecule has 0 bridgehead atoms. The Hall–Kier alpha value is -0.940. The van der Waals surface area contributed by atoms with E-state index < -0.39 is 0 Å². The van der Waals surface area contributed by atoms with Crippen LogP contribution in [0.3, 0.4) is 0 Å². The second kappa shape index (κ2) is 6.05. The first-order valence-electron chi connectivity index (χ1n) is 7.94. The molecule has 0 aliphatic carbocycles. The molecule has 4 nitrogen and oxygen atoms in total. The quantitative estimate of drug-likeness (QED) is 0.927. The average molecular weight is 290 g/mol. The summed E-state index contributed by atoms with van der Waals surface area (Å²) in [5.74, 6) is -0.315. The molecule has 2 atom stereocenters. The summed E-state index contributed by atoms with van der Waals surface area (Å²) in [5, 5.41) is 0. The highest BCUT2D eigenvalue weighted by molar-refractivity contribution is 5.30. The zero-order chi connectivity index (χ0) is 14.9. The molecule has 2 N–H and O–H groups in total. The Balaban J connectivity index is 1.76. The molecule has 2 aliphatic rings. The van der Waals surface area contributed by atoms with E-state index in [1.165, 1.54) is 11.1 Å². The van der Waals surface area contributed by atoms with Crippen molar-refractivity contribution in [2.45, 2.75) is 44.6 Å². The van der Waals surface area contributed by atoms with Gasteiger partial charge >= 0.3 is 0 Å². The number of ether oxygens (including phenoxy) is 2. The van der Waals surface area contributed by atoms with Crippen molar-refractivity contribution in [3.05, 3.63) is 35.4 Å². The van der Waals surface area contributed by atoms with Crippen LogP contribution in [0.4, 0.5) is 0 Å². The van der Waals surface area contributed by atoms with Crippen LogP contribution < -0.4 is 5.73 Å². The zero-order valence-corrected chi connectivity index (χ0v) is 13.0. The Morgan fingerprint density at radius 1 is 1.14 bits per heavy atom. The van der Waals surface area contributed by atoms with Gasteiger partial charge < -0.3 is 15.2 Å². The molecule has 1 aromatic rings. The highest BCUT2D eigenvalue weighted by atomic mass is 16.7. The third-order valence-corrected chi connectivity index (χ3v) is 4.77. The fraction of sp³-hybridized carbons (Fsp3) is 0.647. The van der Waals surface area contributed by atoms with Crippen molar-refractivity contribution in [2.75, 3.05) is 26.3 Å². The number of aryl methyl sites for hydroxylation is 1. The summed E-state index contributed by atoms with van der Waals surface area (Å²) in [6.07, 6.45) is 1.87. The lowest BCUT2D eigenvalue weighted by molar-refractivity contribution is -0.188. The Morgan fingerprint density at radius 2 is 1.76 bits per heavy atom. The predicted molar refractivity (Wildman–Crippen MR) is 83.0 cm³/mol. The Morgan fingerprint density at radius 3 is 2.33 bits per heavy atom. The van der Waals surface area contributed by atoms with Gasteiger partial charge in [0.15, 0.2) is 5.79 Å². The van der Waals surface area contributed by atoms with E-state index in [2.05, 4.69) is 43.0 Å². The molecule has 2 saturated heterocycles. The molecular weight excluding hydrogens is 264 g/mol. The first-order valence-corrected chi connectivity index (χ1v) is 7.94. The molecule has 1 aromatic carbocycles. The van der Waals surface area contributed by atoms with E-state index in [-0.39, 0.29) is 17.9 Å². The van der Waals surface area contributed by atoms with E-state index in [9.17, 15) is 0 Å². The molecular formula is C17H26N2O2. The molecule has 0 amide bonds. The maximum Gasteiger partial charge on any atom is 0.170 e. The second-order valence-electron chi connectivity index (χ2n) is 6.30. The molecule has 4 heteroatoms. The van der Waals surface area contributed by atoms with Gasteiger partial charge in [0.05, 0.1) is 13.2 Å². The summed E-state index contributed by atoms with van der Waals surface area (Å²) in [6.45, 7) is 7.67. The molecule has 0 aromatic heterocycles. The van der Waals surface area contributed by atoms with Crippen molar-refractivity contribution in [3.63, 3.8) is 0 Å². The Labute approximate surface area is 127 Å². The monoisotopic (exact) mass is 290 g/mol. The molecule has 116 valence electrons. The average Bonchev–Trinajstić information content (AvgIpc) is 2.92. The van der Waals surface area contributed by atoms with Gasteiger partial charge in [-0.3, -0.25) is 4.90 Å². The summed E-state index contributed by atoms with van der Waals surface area (Å²) in [4.78, 5) is 2.49. The summed E-state index contributed by atoms with van der Waals surface area (Å²) in [7, 11) is 0. The summed E-state index contributed by atoms with van der Waals surface area (Å²) in [5.41, 5.74) is 8.97. The van der Waals surface area contributed by atoms with Crippen LogP contribution in [0, 0.1) is 6.92 Å². The molecule has 2 fully saturated rings. The van der Waals surface area contributed by atoms with Gasteiger partial charge in [-0.1, -0.05) is 24.3 Å². The topological polar surface area (TPSA) is 47.7 Å². The van der Waals surface area contributed by atoms with Crippen LogP contribution in [0.25, 0.3) is 0 Å². The minimum Gasteiger partial charge on any atom is -0.347 e. The Bertz CT molecular complexity index is 473. The van der Waals surface area contributed by atoms with Gasteiger partial charge in [0, 0.05) is 38.0 Å². The molecule has 2 aliphatic heterocycles. The van der Waals surface area contributed by atoms with E-state index in [1.54, 1.807) is 0 Å². The van der Waals surface area contributed by atoms with Gasteiger partial charge in [0.2, 0.25) is 0 Å².